The summed E-state index contributed by atoms with van der Waals surface area (Å²) in [6.45, 7) is 3.55. The summed E-state index contributed by atoms with van der Waals surface area (Å²) < 4.78 is 15.0. The Morgan fingerprint density at radius 2 is 1.81 bits per heavy atom. The van der Waals surface area contributed by atoms with Gasteiger partial charge in [0.2, 0.25) is 0 Å². The minimum atomic E-state index is -0.932. The van der Waals surface area contributed by atoms with E-state index in [-0.39, 0.29) is 35.9 Å². The molecule has 32 heavy (non-hydrogen) atoms. The van der Waals surface area contributed by atoms with Crippen LogP contribution in [0, 0.1) is 19.7 Å². The molecule has 3 aromatic rings. The number of aryl methyl sites for hydroxylation is 2. The Kier molecular flexibility index (Phi) is 6.99. The topological polar surface area (TPSA) is 120 Å². The van der Waals surface area contributed by atoms with Gasteiger partial charge in [-0.2, -0.15) is 0 Å². The number of aliphatic carboxylic acids is 1. The van der Waals surface area contributed by atoms with Gasteiger partial charge in [0.05, 0.1) is 5.69 Å². The van der Waals surface area contributed by atoms with Crippen LogP contribution in [0.5, 0.6) is 5.75 Å². The maximum atomic E-state index is 13.7. The molecule has 0 aliphatic rings. The molecule has 3 rings (SSSR count). The van der Waals surface area contributed by atoms with Crippen LogP contribution in [0.1, 0.15) is 35.2 Å². The zero-order valence-corrected chi connectivity index (χ0v) is 17.7. The van der Waals surface area contributed by atoms with Crippen LogP contribution in [0.2, 0.25) is 0 Å². The molecule has 0 saturated heterocycles. The van der Waals surface area contributed by atoms with Gasteiger partial charge in [-0.05, 0) is 43.5 Å². The van der Waals surface area contributed by atoms with E-state index in [2.05, 4.69) is 15.3 Å². The lowest BCUT2D eigenvalue weighted by Crippen LogP contribution is -2.17. The average molecular weight is 438 g/mol. The highest BCUT2D eigenvalue weighted by atomic mass is 19.1. The quantitative estimate of drug-likeness (QED) is 0.335. The lowest BCUT2D eigenvalue weighted by Gasteiger charge is -2.04. The molecule has 0 amide bonds. The molecule has 0 saturated carbocycles. The summed E-state index contributed by atoms with van der Waals surface area (Å²) in [5.41, 5.74) is 1.95. The van der Waals surface area contributed by atoms with Crippen LogP contribution >= 0.6 is 0 Å². The molecule has 3 N–H and O–H groups in total. The Morgan fingerprint density at radius 3 is 2.56 bits per heavy atom. The standard InChI is InChI=1S/C23H23FN4O4/c1-14-16(6-3-8-18(14)24)11-12-17-7-4-9-19(22(17)31)25-26-21-15(2)27-28(23(21)32)13-5-10-20(29)30/h3-4,6-9,11-12,27,31H,5,10,13H2,1-2H3,(H,29,30)/b12-11+,26-25?. The number of aromatic nitrogens is 2. The summed E-state index contributed by atoms with van der Waals surface area (Å²) in [6.07, 6.45) is 3.59. The number of hydrogen-bond donors (Lipinski definition) is 3. The molecule has 9 heteroatoms. The van der Waals surface area contributed by atoms with Crippen molar-refractivity contribution in [1.82, 2.24) is 9.78 Å². The number of nitrogens with zero attached hydrogens (tertiary/aromatic N) is 3. The van der Waals surface area contributed by atoms with Gasteiger partial charge in [0.1, 0.15) is 17.3 Å². The average Bonchev–Trinajstić information content (AvgIpc) is 3.01. The predicted molar refractivity (Wildman–Crippen MR) is 119 cm³/mol. The number of benzene rings is 2. The van der Waals surface area contributed by atoms with Gasteiger partial charge in [0.25, 0.3) is 5.56 Å². The monoisotopic (exact) mass is 438 g/mol. The number of carboxylic acid groups (broad SMARTS) is 1. The molecule has 2 aromatic carbocycles. The van der Waals surface area contributed by atoms with Crippen LogP contribution in [0.4, 0.5) is 15.8 Å². The van der Waals surface area contributed by atoms with E-state index in [0.29, 0.717) is 28.8 Å². The van der Waals surface area contributed by atoms with E-state index in [1.165, 1.54) is 10.7 Å². The summed E-state index contributed by atoms with van der Waals surface area (Å²) in [5, 5.41) is 30.2. The van der Waals surface area contributed by atoms with Gasteiger partial charge in [-0.15, -0.1) is 10.2 Å². The number of phenolic OH excluding ortho intramolecular Hbond substituents is 1. The minimum Gasteiger partial charge on any atom is -0.505 e. The van der Waals surface area contributed by atoms with E-state index in [1.54, 1.807) is 56.3 Å². The highest BCUT2D eigenvalue weighted by Crippen LogP contribution is 2.32. The van der Waals surface area contributed by atoms with Crippen LogP contribution in [-0.2, 0) is 11.3 Å². The third kappa shape index (κ3) is 5.18. The molecule has 0 fully saturated rings. The first kappa shape index (κ1) is 22.7. The van der Waals surface area contributed by atoms with E-state index in [0.717, 1.165) is 0 Å². The second kappa shape index (κ2) is 9.86. The molecule has 0 spiro atoms. The molecule has 1 aromatic heterocycles. The van der Waals surface area contributed by atoms with Gasteiger partial charge in [-0.3, -0.25) is 19.4 Å². The fraction of sp³-hybridized carbons (Fsp3) is 0.217. The number of azo groups is 1. The van der Waals surface area contributed by atoms with Crippen molar-refractivity contribution in [3.8, 4) is 5.75 Å². The van der Waals surface area contributed by atoms with E-state index in [4.69, 9.17) is 5.11 Å². The Morgan fingerprint density at radius 1 is 1.12 bits per heavy atom. The minimum absolute atomic E-state index is 0.0509. The number of rotatable bonds is 8. The lowest BCUT2D eigenvalue weighted by atomic mass is 10.1. The van der Waals surface area contributed by atoms with Crippen LogP contribution in [0.3, 0.4) is 0 Å². The number of aromatic hydroxyl groups is 1. The van der Waals surface area contributed by atoms with E-state index in [1.807, 2.05) is 0 Å². The van der Waals surface area contributed by atoms with Crippen molar-refractivity contribution in [3.63, 3.8) is 0 Å². The number of phenols is 1. The molecule has 8 nitrogen and oxygen atoms in total. The molecular formula is C23H23FN4O4. The van der Waals surface area contributed by atoms with E-state index < -0.39 is 11.5 Å². The molecule has 0 atom stereocenters. The number of hydrogen-bond acceptors (Lipinski definition) is 5. The molecule has 1 heterocycles. The number of aromatic amines is 1. The number of nitrogens with one attached hydrogen (secondary N) is 1. The predicted octanol–water partition coefficient (Wildman–Crippen LogP) is 5.09. The first-order chi connectivity index (χ1) is 15.3. The van der Waals surface area contributed by atoms with Crippen LogP contribution < -0.4 is 5.56 Å². The number of H-pyrrole nitrogens is 1. The summed E-state index contributed by atoms with van der Waals surface area (Å²) >= 11 is 0. The summed E-state index contributed by atoms with van der Waals surface area (Å²) in [7, 11) is 0. The van der Waals surface area contributed by atoms with Crippen LogP contribution in [0.25, 0.3) is 12.2 Å². The number of halogens is 1. The summed E-state index contributed by atoms with van der Waals surface area (Å²) in [5.74, 6) is -1.37. The molecule has 0 bridgehead atoms. The second-order valence-electron chi connectivity index (χ2n) is 7.24. The van der Waals surface area contributed by atoms with Gasteiger partial charge >= 0.3 is 5.97 Å². The van der Waals surface area contributed by atoms with E-state index in [9.17, 15) is 19.1 Å². The Labute approximate surface area is 183 Å². The first-order valence-corrected chi connectivity index (χ1v) is 9.96. The molecule has 0 unspecified atom stereocenters. The molecular weight excluding hydrogens is 415 g/mol. The normalized spacial score (nSPS) is 11.6. The SMILES string of the molecule is Cc1[nH]n(CCCC(=O)O)c(=O)c1N=Nc1cccc(/C=C/c2cccc(F)c2C)c1O. The Hall–Kier alpha value is -4.01. The highest BCUT2D eigenvalue weighted by molar-refractivity contribution is 5.76. The molecule has 0 aliphatic carbocycles. The second-order valence-corrected chi connectivity index (χ2v) is 7.24. The third-order valence-electron chi connectivity index (χ3n) is 4.93. The Bertz CT molecular complexity index is 1260. The molecule has 0 aliphatic heterocycles. The number of carbonyl (C=O) groups is 1. The van der Waals surface area contributed by atoms with Crippen LogP contribution in [0.15, 0.2) is 51.4 Å². The van der Waals surface area contributed by atoms with Gasteiger partial charge < -0.3 is 10.2 Å². The molecule has 166 valence electrons. The number of carboxylic acids is 1. The van der Waals surface area contributed by atoms with Crippen molar-refractivity contribution in [1.29, 1.82) is 0 Å². The van der Waals surface area contributed by atoms with Gasteiger partial charge in [-0.1, -0.05) is 36.4 Å². The fourth-order valence-electron chi connectivity index (χ4n) is 3.11. The van der Waals surface area contributed by atoms with E-state index >= 15 is 0 Å². The first-order valence-electron chi connectivity index (χ1n) is 9.96. The van der Waals surface area contributed by atoms with Gasteiger partial charge in [-0.25, -0.2) is 4.39 Å². The largest absolute Gasteiger partial charge is 0.505 e. The van der Waals surface area contributed by atoms with Crippen molar-refractivity contribution in [3.05, 3.63) is 75.0 Å². The number of para-hydroxylation sites is 1. The highest BCUT2D eigenvalue weighted by Gasteiger charge is 2.12. The summed E-state index contributed by atoms with van der Waals surface area (Å²) in [4.78, 5) is 23.1. The summed E-state index contributed by atoms with van der Waals surface area (Å²) in [6, 6.07) is 9.67. The Balaban J connectivity index is 1.82. The maximum absolute atomic E-state index is 13.7. The van der Waals surface area contributed by atoms with Crippen molar-refractivity contribution >= 4 is 29.5 Å². The smallest absolute Gasteiger partial charge is 0.303 e. The van der Waals surface area contributed by atoms with Crippen molar-refractivity contribution in [2.75, 3.05) is 0 Å². The van der Waals surface area contributed by atoms with Gasteiger partial charge in [0, 0.05) is 18.5 Å². The zero-order chi connectivity index (χ0) is 23.3. The molecule has 0 radical (unpaired) electrons. The fourth-order valence-corrected chi connectivity index (χ4v) is 3.11. The van der Waals surface area contributed by atoms with Crippen molar-refractivity contribution in [2.24, 2.45) is 10.2 Å². The van der Waals surface area contributed by atoms with Crippen molar-refractivity contribution < 1.29 is 19.4 Å². The van der Waals surface area contributed by atoms with Gasteiger partial charge in [0.15, 0.2) is 5.69 Å². The van der Waals surface area contributed by atoms with Crippen molar-refractivity contribution in [2.45, 2.75) is 33.2 Å². The maximum Gasteiger partial charge on any atom is 0.303 e. The zero-order valence-electron chi connectivity index (χ0n) is 17.7. The lowest BCUT2D eigenvalue weighted by molar-refractivity contribution is -0.137. The van der Waals surface area contributed by atoms with Crippen LogP contribution in [-0.4, -0.2) is 26.0 Å². The third-order valence-corrected chi connectivity index (χ3v) is 4.93.